The van der Waals surface area contributed by atoms with Crippen LogP contribution in [0.3, 0.4) is 0 Å². The molecule has 0 atom stereocenters. The van der Waals surface area contributed by atoms with Gasteiger partial charge in [-0.25, -0.2) is 9.98 Å². The SMILES string of the molecule is C=NC(CCC)=Nc1c(C)ccnc1/C(=C/C)N=CC. The van der Waals surface area contributed by atoms with E-state index >= 15 is 0 Å². The van der Waals surface area contributed by atoms with E-state index < -0.39 is 0 Å². The molecule has 0 fully saturated rings. The number of aromatic nitrogens is 1. The summed E-state index contributed by atoms with van der Waals surface area (Å²) >= 11 is 0. The Kier molecular flexibility index (Phi) is 6.50. The highest BCUT2D eigenvalue weighted by atomic mass is 14.9. The second kappa shape index (κ2) is 8.15. The van der Waals surface area contributed by atoms with Crippen molar-refractivity contribution < 1.29 is 0 Å². The number of allylic oxidation sites excluding steroid dienone is 1. The van der Waals surface area contributed by atoms with Crippen molar-refractivity contribution in [2.75, 3.05) is 0 Å². The zero-order valence-corrected chi connectivity index (χ0v) is 12.7. The lowest BCUT2D eigenvalue weighted by Gasteiger charge is -2.09. The molecule has 0 aliphatic carbocycles. The zero-order valence-electron chi connectivity index (χ0n) is 12.7. The number of hydrogen-bond donors (Lipinski definition) is 0. The molecular weight excluding hydrogens is 248 g/mol. The molecule has 0 N–H and O–H groups in total. The maximum absolute atomic E-state index is 4.63. The molecule has 4 heteroatoms. The third-order valence-corrected chi connectivity index (χ3v) is 2.81. The second-order valence-corrected chi connectivity index (χ2v) is 4.32. The number of hydrogen-bond acceptors (Lipinski definition) is 3. The number of rotatable bonds is 5. The topological polar surface area (TPSA) is 50.0 Å². The molecule has 20 heavy (non-hydrogen) atoms. The van der Waals surface area contributed by atoms with Gasteiger partial charge < -0.3 is 0 Å². The molecule has 0 unspecified atom stereocenters. The Morgan fingerprint density at radius 3 is 2.70 bits per heavy atom. The van der Waals surface area contributed by atoms with Crippen LogP contribution in [0.25, 0.3) is 5.70 Å². The van der Waals surface area contributed by atoms with E-state index in [1.165, 1.54) is 0 Å². The number of amidine groups is 1. The fourth-order valence-electron chi connectivity index (χ4n) is 1.81. The summed E-state index contributed by atoms with van der Waals surface area (Å²) in [7, 11) is 0. The Labute approximate surface area is 121 Å². The predicted molar refractivity (Wildman–Crippen MR) is 88.3 cm³/mol. The van der Waals surface area contributed by atoms with Crippen molar-refractivity contribution in [3.8, 4) is 0 Å². The maximum Gasteiger partial charge on any atom is 0.128 e. The van der Waals surface area contributed by atoms with Crippen molar-refractivity contribution in [1.82, 2.24) is 4.98 Å². The molecular formula is C16H22N4. The standard InChI is InChI=1S/C16H22N4/c1-6-9-14(17-5)20-15-12(4)10-11-19-16(15)13(7-2)18-8-3/h7-8,10-11H,5-6,9H2,1-4H3/b13-7-,18-8?,20-14?. The Hall–Kier alpha value is -2.10. The Balaban J connectivity index is 3.41. The Morgan fingerprint density at radius 1 is 1.40 bits per heavy atom. The van der Waals surface area contributed by atoms with Crippen molar-refractivity contribution in [3.05, 3.63) is 29.6 Å². The summed E-state index contributed by atoms with van der Waals surface area (Å²) in [6, 6.07) is 1.94. The molecule has 1 heterocycles. The van der Waals surface area contributed by atoms with Crippen molar-refractivity contribution in [3.63, 3.8) is 0 Å². The van der Waals surface area contributed by atoms with Crippen LogP contribution in [0.15, 0.2) is 33.3 Å². The van der Waals surface area contributed by atoms with Gasteiger partial charge in [-0.2, -0.15) is 0 Å². The van der Waals surface area contributed by atoms with Gasteiger partial charge in [0.25, 0.3) is 0 Å². The van der Waals surface area contributed by atoms with Crippen LogP contribution >= 0.6 is 0 Å². The van der Waals surface area contributed by atoms with E-state index in [1.807, 2.05) is 32.9 Å². The highest BCUT2D eigenvalue weighted by Crippen LogP contribution is 2.29. The fourth-order valence-corrected chi connectivity index (χ4v) is 1.81. The van der Waals surface area contributed by atoms with E-state index in [-0.39, 0.29) is 0 Å². The minimum Gasteiger partial charge on any atom is -0.260 e. The van der Waals surface area contributed by atoms with E-state index in [4.69, 9.17) is 0 Å². The largest absolute Gasteiger partial charge is 0.260 e. The van der Waals surface area contributed by atoms with Crippen LogP contribution in [-0.2, 0) is 0 Å². The monoisotopic (exact) mass is 270 g/mol. The van der Waals surface area contributed by atoms with Gasteiger partial charge in [0.2, 0.25) is 0 Å². The highest BCUT2D eigenvalue weighted by molar-refractivity contribution is 5.90. The van der Waals surface area contributed by atoms with Gasteiger partial charge in [-0.15, -0.1) is 0 Å². The van der Waals surface area contributed by atoms with Gasteiger partial charge in [0.05, 0.1) is 11.4 Å². The molecule has 0 bridgehead atoms. The minimum atomic E-state index is 0.737. The number of nitrogens with zero attached hydrogens (tertiary/aromatic N) is 4. The van der Waals surface area contributed by atoms with Crippen LogP contribution < -0.4 is 0 Å². The third-order valence-electron chi connectivity index (χ3n) is 2.81. The fraction of sp³-hybridized carbons (Fsp3) is 0.375. The smallest absolute Gasteiger partial charge is 0.128 e. The van der Waals surface area contributed by atoms with Crippen LogP contribution in [0.5, 0.6) is 0 Å². The quantitative estimate of drug-likeness (QED) is 0.579. The molecule has 0 saturated heterocycles. The minimum absolute atomic E-state index is 0.737. The van der Waals surface area contributed by atoms with Crippen LogP contribution in [0.1, 0.15) is 44.9 Å². The second-order valence-electron chi connectivity index (χ2n) is 4.32. The lowest BCUT2D eigenvalue weighted by atomic mass is 10.1. The molecule has 0 saturated carbocycles. The molecule has 0 amide bonds. The maximum atomic E-state index is 4.63. The van der Waals surface area contributed by atoms with Gasteiger partial charge in [-0.05, 0) is 45.5 Å². The van der Waals surface area contributed by atoms with E-state index in [0.717, 1.165) is 41.3 Å². The molecule has 1 rings (SSSR count). The predicted octanol–water partition coefficient (Wildman–Crippen LogP) is 4.37. The molecule has 1 aromatic heterocycles. The average molecular weight is 270 g/mol. The first-order valence-corrected chi connectivity index (χ1v) is 6.83. The van der Waals surface area contributed by atoms with Crippen LogP contribution in [0.2, 0.25) is 0 Å². The summed E-state index contributed by atoms with van der Waals surface area (Å²) in [5.41, 5.74) is 3.47. The molecule has 0 aromatic carbocycles. The molecule has 4 nitrogen and oxygen atoms in total. The van der Waals surface area contributed by atoms with Gasteiger partial charge in [0, 0.05) is 18.8 Å². The zero-order chi connectivity index (χ0) is 15.0. The number of aryl methyl sites for hydroxylation is 1. The van der Waals surface area contributed by atoms with E-state index in [1.54, 1.807) is 12.4 Å². The first-order chi connectivity index (χ1) is 9.67. The van der Waals surface area contributed by atoms with Crippen molar-refractivity contribution in [2.45, 2.75) is 40.5 Å². The molecule has 0 spiro atoms. The van der Waals surface area contributed by atoms with E-state index in [2.05, 4.69) is 33.6 Å². The van der Waals surface area contributed by atoms with Gasteiger partial charge in [-0.3, -0.25) is 9.98 Å². The van der Waals surface area contributed by atoms with Gasteiger partial charge in [0.15, 0.2) is 0 Å². The van der Waals surface area contributed by atoms with Gasteiger partial charge >= 0.3 is 0 Å². The van der Waals surface area contributed by atoms with Crippen LogP contribution in [-0.4, -0.2) is 23.8 Å². The first kappa shape index (κ1) is 16.0. The van der Waals surface area contributed by atoms with Crippen LogP contribution in [0, 0.1) is 6.92 Å². The van der Waals surface area contributed by atoms with Crippen molar-refractivity contribution in [2.24, 2.45) is 15.0 Å². The lowest BCUT2D eigenvalue weighted by Crippen LogP contribution is -1.96. The summed E-state index contributed by atoms with van der Waals surface area (Å²) < 4.78 is 0. The summed E-state index contributed by atoms with van der Waals surface area (Å²) in [5, 5.41) is 0. The third kappa shape index (κ3) is 3.95. The molecule has 1 aromatic rings. The highest BCUT2D eigenvalue weighted by Gasteiger charge is 2.11. The Morgan fingerprint density at radius 2 is 2.15 bits per heavy atom. The average Bonchev–Trinajstić information content (AvgIpc) is 2.46. The Bertz CT molecular complexity index is 554. The lowest BCUT2D eigenvalue weighted by molar-refractivity contribution is 0.983. The summed E-state index contributed by atoms with van der Waals surface area (Å²) in [6.45, 7) is 11.5. The van der Waals surface area contributed by atoms with E-state index in [0.29, 0.717) is 0 Å². The number of pyridine rings is 1. The van der Waals surface area contributed by atoms with Gasteiger partial charge in [0.1, 0.15) is 11.5 Å². The summed E-state index contributed by atoms with van der Waals surface area (Å²) in [4.78, 5) is 17.4. The van der Waals surface area contributed by atoms with Crippen molar-refractivity contribution in [1.29, 1.82) is 0 Å². The normalized spacial score (nSPS) is 13.0. The van der Waals surface area contributed by atoms with Crippen LogP contribution in [0.4, 0.5) is 5.69 Å². The molecule has 0 aliphatic rings. The van der Waals surface area contributed by atoms with Crippen molar-refractivity contribution >= 4 is 30.2 Å². The van der Waals surface area contributed by atoms with E-state index in [9.17, 15) is 0 Å². The molecule has 0 radical (unpaired) electrons. The number of aliphatic imine (C=N–C) groups is 3. The first-order valence-electron chi connectivity index (χ1n) is 6.83. The summed E-state index contributed by atoms with van der Waals surface area (Å²) in [6.07, 6.45) is 7.25. The molecule has 0 aliphatic heterocycles. The molecule has 106 valence electrons. The van der Waals surface area contributed by atoms with Gasteiger partial charge in [-0.1, -0.05) is 13.0 Å². The summed E-state index contributed by atoms with van der Waals surface area (Å²) in [5.74, 6) is 0.737.